The Kier molecular flexibility index (Phi) is 8.37. The molecule has 178 valence electrons. The molecule has 4 rings (SSSR count). The second-order valence-electron chi connectivity index (χ2n) is 9.78. The van der Waals surface area contributed by atoms with Crippen molar-refractivity contribution in [2.45, 2.75) is 52.4 Å². The van der Waals surface area contributed by atoms with Gasteiger partial charge in [0.1, 0.15) is 11.6 Å². The van der Waals surface area contributed by atoms with Crippen LogP contribution in [0.15, 0.2) is 36.4 Å². The van der Waals surface area contributed by atoms with Crippen molar-refractivity contribution in [1.29, 1.82) is 0 Å². The highest BCUT2D eigenvalue weighted by atomic mass is 32.1. The van der Waals surface area contributed by atoms with Crippen LogP contribution in [-0.2, 0) is 6.42 Å². The van der Waals surface area contributed by atoms with Crippen molar-refractivity contribution < 1.29 is 0 Å². The quantitative estimate of drug-likeness (QED) is 0.446. The predicted octanol–water partition coefficient (Wildman–Crippen LogP) is 4.87. The van der Waals surface area contributed by atoms with Crippen molar-refractivity contribution >= 4 is 34.9 Å². The van der Waals surface area contributed by atoms with Crippen molar-refractivity contribution in [2.24, 2.45) is 11.8 Å². The first-order valence-corrected chi connectivity index (χ1v) is 13.0. The summed E-state index contributed by atoms with van der Waals surface area (Å²) in [6.07, 6.45) is 7.09. The van der Waals surface area contributed by atoms with Crippen LogP contribution in [0, 0.1) is 11.8 Å². The first kappa shape index (κ1) is 23.7. The highest BCUT2D eigenvalue weighted by Gasteiger charge is 2.25. The highest BCUT2D eigenvalue weighted by molar-refractivity contribution is 7.80. The average molecular weight is 467 g/mol. The van der Waals surface area contributed by atoms with Crippen LogP contribution in [0.3, 0.4) is 0 Å². The Morgan fingerprint density at radius 1 is 0.970 bits per heavy atom. The zero-order chi connectivity index (χ0) is 23.0. The van der Waals surface area contributed by atoms with Crippen LogP contribution in [-0.4, -0.2) is 47.8 Å². The van der Waals surface area contributed by atoms with Gasteiger partial charge < -0.3 is 20.4 Å². The van der Waals surface area contributed by atoms with Gasteiger partial charge in [0, 0.05) is 38.8 Å². The normalized spacial score (nSPS) is 21.0. The van der Waals surface area contributed by atoms with Crippen molar-refractivity contribution in [3.8, 4) is 0 Å². The molecule has 2 fully saturated rings. The summed E-state index contributed by atoms with van der Waals surface area (Å²) in [4.78, 5) is 14.6. The standard InChI is InChI=1S/C26H38N6S/c1-20-16-21(2)19-32(18-20)24-17-23(31-14-7-4-8-15-31)28-25(29-24)30-26(33)27-13-9-12-22-10-5-3-6-11-22/h3,5-6,10-11,17,20-21H,4,7-9,12-16,18-19H2,1-2H3,(H2,27,28,29,30,33)/t20-,21-/m1/s1. The minimum absolute atomic E-state index is 0.588. The Morgan fingerprint density at radius 2 is 1.64 bits per heavy atom. The van der Waals surface area contributed by atoms with E-state index in [4.69, 9.17) is 22.2 Å². The van der Waals surface area contributed by atoms with Gasteiger partial charge in [0.25, 0.3) is 0 Å². The third-order valence-electron chi connectivity index (χ3n) is 6.57. The lowest BCUT2D eigenvalue weighted by atomic mass is 9.92. The van der Waals surface area contributed by atoms with Crippen LogP contribution < -0.4 is 20.4 Å². The van der Waals surface area contributed by atoms with Crippen molar-refractivity contribution in [3.63, 3.8) is 0 Å². The number of aromatic nitrogens is 2. The van der Waals surface area contributed by atoms with Crippen molar-refractivity contribution in [1.82, 2.24) is 15.3 Å². The lowest BCUT2D eigenvalue weighted by molar-refractivity contribution is 0.355. The molecule has 3 heterocycles. The zero-order valence-electron chi connectivity index (χ0n) is 20.1. The van der Waals surface area contributed by atoms with Crippen LogP contribution in [0.4, 0.5) is 17.6 Å². The van der Waals surface area contributed by atoms with E-state index in [1.54, 1.807) is 0 Å². The second-order valence-corrected chi connectivity index (χ2v) is 10.2. The van der Waals surface area contributed by atoms with E-state index in [2.05, 4.69) is 70.7 Å². The number of piperidine rings is 2. The fourth-order valence-corrected chi connectivity index (χ4v) is 5.25. The molecule has 2 N–H and O–H groups in total. The van der Waals surface area contributed by atoms with Crippen LogP contribution in [0.2, 0.25) is 0 Å². The molecule has 2 aliphatic heterocycles. The Balaban J connectivity index is 1.41. The minimum Gasteiger partial charge on any atom is -0.362 e. The molecule has 0 unspecified atom stereocenters. The van der Waals surface area contributed by atoms with Gasteiger partial charge in [-0.25, -0.2) is 0 Å². The molecule has 2 aliphatic rings. The summed E-state index contributed by atoms with van der Waals surface area (Å²) in [5.41, 5.74) is 1.35. The van der Waals surface area contributed by atoms with Gasteiger partial charge in [0.15, 0.2) is 5.11 Å². The van der Waals surface area contributed by atoms with Crippen LogP contribution in [0.5, 0.6) is 0 Å². The largest absolute Gasteiger partial charge is 0.362 e. The number of rotatable bonds is 7. The molecule has 33 heavy (non-hydrogen) atoms. The Bertz CT molecular complexity index is 889. The van der Waals surface area contributed by atoms with E-state index in [0.29, 0.717) is 22.9 Å². The molecule has 1 aromatic carbocycles. The van der Waals surface area contributed by atoms with Crippen LogP contribution in [0.25, 0.3) is 0 Å². The SMILES string of the molecule is C[C@@H]1C[C@@H](C)CN(c2cc(N3CCCCC3)nc(NC(=S)NCCCc3ccccc3)n2)C1. The van der Waals surface area contributed by atoms with E-state index < -0.39 is 0 Å². The molecule has 0 spiro atoms. The monoisotopic (exact) mass is 466 g/mol. The fourth-order valence-electron chi connectivity index (χ4n) is 5.06. The lowest BCUT2D eigenvalue weighted by Crippen LogP contribution is -2.40. The number of hydrogen-bond donors (Lipinski definition) is 2. The van der Waals surface area contributed by atoms with Gasteiger partial charge in [-0.15, -0.1) is 0 Å². The maximum absolute atomic E-state index is 5.57. The molecule has 2 atom stereocenters. The number of nitrogens with one attached hydrogen (secondary N) is 2. The fraction of sp³-hybridized carbons (Fsp3) is 0.577. The highest BCUT2D eigenvalue weighted by Crippen LogP contribution is 2.29. The molecule has 2 saturated heterocycles. The minimum atomic E-state index is 0.588. The van der Waals surface area contributed by atoms with Gasteiger partial charge in [-0.2, -0.15) is 9.97 Å². The molecule has 6 nitrogen and oxygen atoms in total. The van der Waals surface area contributed by atoms with E-state index in [0.717, 1.165) is 57.2 Å². The van der Waals surface area contributed by atoms with Gasteiger partial charge in [-0.1, -0.05) is 44.2 Å². The van der Waals surface area contributed by atoms with Crippen molar-refractivity contribution in [2.75, 3.05) is 47.8 Å². The Hall–Kier alpha value is -2.41. The molecule has 7 heteroatoms. The number of hydrogen-bond acceptors (Lipinski definition) is 5. The van der Waals surface area contributed by atoms with Gasteiger partial charge in [0.2, 0.25) is 5.95 Å². The molecule has 2 aromatic rings. The number of anilines is 3. The van der Waals surface area contributed by atoms with Gasteiger partial charge in [-0.3, -0.25) is 0 Å². The van der Waals surface area contributed by atoms with Gasteiger partial charge >= 0.3 is 0 Å². The Morgan fingerprint density at radius 3 is 2.33 bits per heavy atom. The summed E-state index contributed by atoms with van der Waals surface area (Å²) in [7, 11) is 0. The predicted molar refractivity (Wildman–Crippen MR) is 142 cm³/mol. The molecule has 0 amide bonds. The second kappa shape index (κ2) is 11.6. The summed E-state index contributed by atoms with van der Waals surface area (Å²) in [6.45, 7) is 9.70. The summed E-state index contributed by atoms with van der Waals surface area (Å²) in [5, 5.41) is 7.18. The average Bonchev–Trinajstić information content (AvgIpc) is 2.82. The van der Waals surface area contributed by atoms with Crippen LogP contribution >= 0.6 is 12.2 Å². The molecular weight excluding hydrogens is 428 g/mol. The van der Waals surface area contributed by atoms with Gasteiger partial charge in [-0.05, 0) is 68.1 Å². The van der Waals surface area contributed by atoms with E-state index >= 15 is 0 Å². The Labute approximate surface area is 204 Å². The first-order valence-electron chi connectivity index (χ1n) is 12.5. The summed E-state index contributed by atoms with van der Waals surface area (Å²) >= 11 is 5.57. The lowest BCUT2D eigenvalue weighted by Gasteiger charge is -2.36. The van der Waals surface area contributed by atoms with Crippen molar-refractivity contribution in [3.05, 3.63) is 42.0 Å². The number of thiocarbonyl (C=S) groups is 1. The summed E-state index contributed by atoms with van der Waals surface area (Å²) < 4.78 is 0. The molecular formula is C26H38N6S. The number of nitrogens with zero attached hydrogens (tertiary/aromatic N) is 4. The smallest absolute Gasteiger partial charge is 0.232 e. The number of benzene rings is 1. The number of aryl methyl sites for hydroxylation is 1. The third kappa shape index (κ3) is 7.03. The van der Waals surface area contributed by atoms with E-state index in [1.807, 2.05) is 0 Å². The van der Waals surface area contributed by atoms with Crippen LogP contribution in [0.1, 0.15) is 51.5 Å². The maximum atomic E-state index is 5.57. The molecule has 0 saturated carbocycles. The van der Waals surface area contributed by atoms with E-state index in [-0.39, 0.29) is 0 Å². The molecule has 1 aromatic heterocycles. The first-order chi connectivity index (χ1) is 16.1. The molecule has 0 radical (unpaired) electrons. The third-order valence-corrected chi connectivity index (χ3v) is 6.81. The van der Waals surface area contributed by atoms with E-state index in [1.165, 1.54) is 31.2 Å². The molecule has 0 bridgehead atoms. The summed E-state index contributed by atoms with van der Waals surface area (Å²) in [5.74, 6) is 3.97. The van der Waals surface area contributed by atoms with E-state index in [9.17, 15) is 0 Å². The summed E-state index contributed by atoms with van der Waals surface area (Å²) in [6, 6.07) is 12.7. The maximum Gasteiger partial charge on any atom is 0.232 e. The topological polar surface area (TPSA) is 56.3 Å². The molecule has 0 aliphatic carbocycles. The zero-order valence-corrected chi connectivity index (χ0v) is 20.9. The van der Waals surface area contributed by atoms with Gasteiger partial charge in [0.05, 0.1) is 0 Å².